The van der Waals surface area contributed by atoms with Gasteiger partial charge in [0, 0.05) is 22.2 Å². The Bertz CT molecular complexity index is 547. The number of hydrogen-bond acceptors (Lipinski definition) is 0. The van der Waals surface area contributed by atoms with Crippen molar-refractivity contribution in [1.82, 2.24) is 0 Å². The van der Waals surface area contributed by atoms with E-state index in [0.29, 0.717) is 11.8 Å². The highest BCUT2D eigenvalue weighted by Gasteiger charge is 2.30. The molecule has 21 heavy (non-hydrogen) atoms. The molecule has 112 valence electrons. The Kier molecular flexibility index (Phi) is 6.41. The van der Waals surface area contributed by atoms with Crippen LogP contribution in [0, 0.1) is 0 Å². The molecule has 0 N–H and O–H groups in total. The van der Waals surface area contributed by atoms with Gasteiger partial charge in [-0.25, -0.2) is 0 Å². The van der Waals surface area contributed by atoms with Gasteiger partial charge in [0.05, 0.1) is 0 Å². The van der Waals surface area contributed by atoms with E-state index in [2.05, 4.69) is 30.3 Å². The minimum atomic E-state index is -0.206. The number of benzene rings is 2. The fourth-order valence-electron chi connectivity index (χ4n) is 2.56. The molecule has 2 rings (SSSR count). The van der Waals surface area contributed by atoms with Crippen molar-refractivity contribution in [3.8, 4) is 0 Å². The number of halogens is 3. The predicted molar refractivity (Wildman–Crippen MR) is 94.0 cm³/mol. The second kappa shape index (κ2) is 8.08. The third kappa shape index (κ3) is 4.39. The summed E-state index contributed by atoms with van der Waals surface area (Å²) >= 11 is 18.6. The summed E-state index contributed by atoms with van der Waals surface area (Å²) in [7, 11) is 0. The largest absolute Gasteiger partial charge is 0.126 e. The van der Waals surface area contributed by atoms with Crippen LogP contribution in [0.2, 0.25) is 5.02 Å². The normalized spacial score (nSPS) is 11.6. The molecule has 0 amide bonds. The molecule has 0 radical (unpaired) electrons. The van der Waals surface area contributed by atoms with Crippen molar-refractivity contribution in [2.24, 2.45) is 0 Å². The predicted octanol–water partition coefficient (Wildman–Crippen LogP) is 6.08. The van der Waals surface area contributed by atoms with Crippen molar-refractivity contribution in [2.45, 2.75) is 24.7 Å². The molecule has 2 aromatic carbocycles. The van der Waals surface area contributed by atoms with Crippen LogP contribution in [0.15, 0.2) is 54.6 Å². The quantitative estimate of drug-likeness (QED) is 0.535. The molecule has 0 aliphatic heterocycles. The van der Waals surface area contributed by atoms with E-state index in [1.54, 1.807) is 0 Å². The minimum absolute atomic E-state index is 0.206. The zero-order valence-electron chi connectivity index (χ0n) is 11.9. The van der Waals surface area contributed by atoms with Crippen molar-refractivity contribution in [3.05, 3.63) is 70.7 Å². The van der Waals surface area contributed by atoms with Gasteiger partial charge >= 0.3 is 0 Å². The molecule has 0 saturated heterocycles. The molecule has 0 unspecified atom stereocenters. The molecule has 0 saturated carbocycles. The Morgan fingerprint density at radius 3 is 2.19 bits per heavy atom. The van der Waals surface area contributed by atoms with Crippen LogP contribution in [0.1, 0.15) is 24.0 Å². The Labute approximate surface area is 142 Å². The Morgan fingerprint density at radius 2 is 1.57 bits per heavy atom. The summed E-state index contributed by atoms with van der Waals surface area (Å²) < 4.78 is 0. The van der Waals surface area contributed by atoms with Gasteiger partial charge in [-0.1, -0.05) is 54.1 Å². The Morgan fingerprint density at radius 1 is 0.857 bits per heavy atom. The lowest BCUT2D eigenvalue weighted by molar-refractivity contribution is 0.472. The van der Waals surface area contributed by atoms with Gasteiger partial charge in [-0.2, -0.15) is 0 Å². The smallest absolute Gasteiger partial charge is 0.0408 e. The second-order valence-corrected chi connectivity index (χ2v) is 6.37. The van der Waals surface area contributed by atoms with Crippen molar-refractivity contribution in [3.63, 3.8) is 0 Å². The summed E-state index contributed by atoms with van der Waals surface area (Å²) in [6.07, 6.45) is 3.04. The van der Waals surface area contributed by atoms with Gasteiger partial charge in [-0.3, -0.25) is 0 Å². The molecule has 0 nitrogen and oxygen atoms in total. The summed E-state index contributed by atoms with van der Waals surface area (Å²) in [5.41, 5.74) is 2.28. The molecule has 0 atom stereocenters. The second-order valence-electron chi connectivity index (χ2n) is 5.40. The van der Waals surface area contributed by atoms with Crippen LogP contribution in [0.5, 0.6) is 0 Å². The summed E-state index contributed by atoms with van der Waals surface area (Å²) in [6.45, 7) is 0. The Balaban J connectivity index is 2.08. The van der Waals surface area contributed by atoms with Crippen molar-refractivity contribution < 1.29 is 0 Å². The van der Waals surface area contributed by atoms with Crippen LogP contribution in [0.3, 0.4) is 0 Å². The molecule has 0 aliphatic carbocycles. The number of aryl methyl sites for hydroxylation is 1. The highest BCUT2D eigenvalue weighted by molar-refractivity contribution is 6.30. The lowest BCUT2D eigenvalue weighted by atomic mass is 9.79. The lowest BCUT2D eigenvalue weighted by Gasteiger charge is -2.30. The number of hydrogen-bond donors (Lipinski definition) is 0. The van der Waals surface area contributed by atoms with Gasteiger partial charge < -0.3 is 0 Å². The van der Waals surface area contributed by atoms with Crippen LogP contribution in [-0.2, 0) is 11.8 Å². The van der Waals surface area contributed by atoms with E-state index in [9.17, 15) is 0 Å². The summed E-state index contributed by atoms with van der Waals surface area (Å²) in [6, 6.07) is 18.4. The van der Waals surface area contributed by atoms with Crippen molar-refractivity contribution >= 4 is 34.8 Å². The van der Waals surface area contributed by atoms with Crippen LogP contribution in [0.25, 0.3) is 0 Å². The standard InChI is InChI=1S/C18H19Cl3/c19-13-18(14-20,16-9-4-10-17(21)12-16)11-5-8-15-6-2-1-3-7-15/h1-4,6-7,9-10,12H,5,8,11,13-14H2. The minimum Gasteiger partial charge on any atom is -0.126 e. The van der Waals surface area contributed by atoms with Crippen LogP contribution < -0.4 is 0 Å². The lowest BCUT2D eigenvalue weighted by Crippen LogP contribution is -2.30. The van der Waals surface area contributed by atoms with Gasteiger partial charge in [0.2, 0.25) is 0 Å². The maximum atomic E-state index is 6.27. The molecule has 0 bridgehead atoms. The van der Waals surface area contributed by atoms with E-state index in [-0.39, 0.29) is 5.41 Å². The van der Waals surface area contributed by atoms with E-state index in [0.717, 1.165) is 29.8 Å². The average Bonchev–Trinajstić information content (AvgIpc) is 2.53. The molecule has 3 heteroatoms. The first-order valence-corrected chi connectivity index (χ1v) is 8.57. The monoisotopic (exact) mass is 340 g/mol. The maximum absolute atomic E-state index is 6.27. The molecule has 2 aromatic rings. The molecule has 0 spiro atoms. The topological polar surface area (TPSA) is 0 Å². The summed E-state index contributed by atoms with van der Waals surface area (Å²) in [5, 5.41) is 0.732. The zero-order valence-corrected chi connectivity index (χ0v) is 14.1. The first-order valence-electron chi connectivity index (χ1n) is 7.12. The molecular weight excluding hydrogens is 323 g/mol. The van der Waals surface area contributed by atoms with Gasteiger partial charge in [0.15, 0.2) is 0 Å². The highest BCUT2D eigenvalue weighted by Crippen LogP contribution is 2.34. The average molecular weight is 342 g/mol. The van der Waals surface area contributed by atoms with Crippen LogP contribution >= 0.6 is 34.8 Å². The fourth-order valence-corrected chi connectivity index (χ4v) is 3.61. The molecule has 0 heterocycles. The van der Waals surface area contributed by atoms with E-state index in [1.165, 1.54) is 5.56 Å². The van der Waals surface area contributed by atoms with Gasteiger partial charge in [-0.05, 0) is 42.5 Å². The summed E-state index contributed by atoms with van der Waals surface area (Å²) in [4.78, 5) is 0. The van der Waals surface area contributed by atoms with Crippen LogP contribution in [-0.4, -0.2) is 11.8 Å². The summed E-state index contributed by atoms with van der Waals surface area (Å²) in [5.74, 6) is 1.01. The molecular formula is C18H19Cl3. The van der Waals surface area contributed by atoms with Gasteiger partial charge in [0.1, 0.15) is 0 Å². The highest BCUT2D eigenvalue weighted by atomic mass is 35.5. The van der Waals surface area contributed by atoms with Gasteiger partial charge in [-0.15, -0.1) is 23.2 Å². The Hall–Kier alpha value is -0.690. The first kappa shape index (κ1) is 16.7. The first-order chi connectivity index (χ1) is 10.2. The maximum Gasteiger partial charge on any atom is 0.0408 e. The SMILES string of the molecule is ClCC(CCl)(CCCc1ccccc1)c1cccc(Cl)c1. The molecule has 0 fully saturated rings. The van der Waals surface area contributed by atoms with Crippen molar-refractivity contribution in [2.75, 3.05) is 11.8 Å². The fraction of sp³-hybridized carbons (Fsp3) is 0.333. The van der Waals surface area contributed by atoms with E-state index < -0.39 is 0 Å². The molecule has 0 aromatic heterocycles. The molecule has 0 aliphatic rings. The van der Waals surface area contributed by atoms with Crippen molar-refractivity contribution in [1.29, 1.82) is 0 Å². The third-order valence-corrected chi connectivity index (χ3v) is 5.17. The number of rotatable bonds is 7. The van der Waals surface area contributed by atoms with E-state index in [1.807, 2.05) is 24.3 Å². The number of alkyl halides is 2. The van der Waals surface area contributed by atoms with E-state index >= 15 is 0 Å². The third-order valence-electron chi connectivity index (χ3n) is 3.91. The van der Waals surface area contributed by atoms with Crippen LogP contribution in [0.4, 0.5) is 0 Å². The van der Waals surface area contributed by atoms with Gasteiger partial charge in [0.25, 0.3) is 0 Å². The zero-order chi connectivity index (χ0) is 15.1. The van der Waals surface area contributed by atoms with E-state index in [4.69, 9.17) is 34.8 Å².